The molecule has 1 saturated heterocycles. The number of anilines is 2. The number of benzene rings is 1. The Kier molecular flexibility index (Phi) is 14.1. The van der Waals surface area contributed by atoms with Gasteiger partial charge < -0.3 is 36.3 Å². The zero-order valence-electron chi connectivity index (χ0n) is 40.8. The summed E-state index contributed by atoms with van der Waals surface area (Å²) >= 11 is 0. The number of rotatable bonds is 13. The zero-order valence-corrected chi connectivity index (χ0v) is 40.8. The maximum atomic E-state index is 15.7. The van der Waals surface area contributed by atoms with Crippen LogP contribution in [0.3, 0.4) is 0 Å². The number of carbonyl (C=O) groups excluding carboxylic acids is 3. The first kappa shape index (κ1) is 48.3. The van der Waals surface area contributed by atoms with Crippen molar-refractivity contribution < 1.29 is 29.0 Å². The Morgan fingerprint density at radius 3 is 2.54 bits per heavy atom. The van der Waals surface area contributed by atoms with Crippen molar-refractivity contribution in [3.05, 3.63) is 106 Å². The molecule has 12 heteroatoms. The second-order valence-electron chi connectivity index (χ2n) is 21.7. The maximum absolute atomic E-state index is 15.7. The topological polar surface area (TPSA) is 181 Å². The highest BCUT2D eigenvalue weighted by molar-refractivity contribution is 6.33. The van der Waals surface area contributed by atoms with Crippen molar-refractivity contribution in [1.29, 1.82) is 0 Å². The van der Waals surface area contributed by atoms with E-state index >= 15 is 14.4 Å². The Morgan fingerprint density at radius 1 is 0.956 bits per heavy atom. The Labute approximate surface area is 403 Å². The number of hydrogen-bond donors (Lipinski definition) is 5. The summed E-state index contributed by atoms with van der Waals surface area (Å²) in [5.74, 6) is 1.03. The van der Waals surface area contributed by atoms with Crippen molar-refractivity contribution in [2.45, 2.75) is 146 Å². The molecule has 0 radical (unpaired) electrons. The van der Waals surface area contributed by atoms with Gasteiger partial charge in [-0.2, -0.15) is 0 Å². The lowest BCUT2D eigenvalue weighted by Gasteiger charge is -2.45. The predicted octanol–water partition coefficient (Wildman–Crippen LogP) is 8.63. The smallest absolute Gasteiger partial charge is 0.350 e. The van der Waals surface area contributed by atoms with E-state index in [-0.39, 0.29) is 53.6 Å². The largest absolute Gasteiger partial charge is 0.463 e. The number of ether oxygens (including phenoxy) is 2. The lowest BCUT2D eigenvalue weighted by molar-refractivity contribution is -0.150. The van der Waals surface area contributed by atoms with E-state index in [1.54, 1.807) is 6.07 Å². The first-order chi connectivity index (χ1) is 32.9. The fourth-order valence-electron chi connectivity index (χ4n) is 13.6. The fraction of sp³-hybridized carbons (Fsp3) is 0.589. The van der Waals surface area contributed by atoms with E-state index in [9.17, 15) is 5.11 Å². The van der Waals surface area contributed by atoms with E-state index in [0.717, 1.165) is 106 Å². The van der Waals surface area contributed by atoms with Crippen LogP contribution in [-0.4, -0.2) is 83.3 Å². The Bertz CT molecular complexity index is 2410. The van der Waals surface area contributed by atoms with Crippen LogP contribution < -0.4 is 21.7 Å². The molecular weight excluding hydrogens is 853 g/mol. The molecular formula is C56H74N6O6. The van der Waals surface area contributed by atoms with Crippen LogP contribution in [0.25, 0.3) is 0 Å². The molecule has 4 heterocycles. The molecule has 68 heavy (non-hydrogen) atoms. The highest BCUT2D eigenvalue weighted by atomic mass is 16.7. The molecule has 6 N–H and O–H groups in total. The lowest BCUT2D eigenvalue weighted by Crippen LogP contribution is -2.52. The van der Waals surface area contributed by atoms with E-state index in [0.29, 0.717) is 55.1 Å². The summed E-state index contributed by atoms with van der Waals surface area (Å²) in [4.78, 5) is 55.4. The molecule has 3 aromatic rings. The van der Waals surface area contributed by atoms with Gasteiger partial charge in [0.15, 0.2) is 11.4 Å². The van der Waals surface area contributed by atoms with Crippen molar-refractivity contribution in [3.63, 3.8) is 0 Å². The molecule has 2 aliphatic heterocycles. The summed E-state index contributed by atoms with van der Waals surface area (Å²) in [5, 5.41) is 21.5. The van der Waals surface area contributed by atoms with Gasteiger partial charge in [-0.25, -0.2) is 14.8 Å². The molecule has 2 saturated carbocycles. The molecule has 0 amide bonds. The molecule has 1 spiro atoms. The quantitative estimate of drug-likeness (QED) is 0.0363. The number of nitrogens with two attached hydrogens (primary N) is 1. The minimum Gasteiger partial charge on any atom is -0.463 e. The molecule has 8 unspecified atom stereocenters. The molecule has 6 aliphatic rings. The number of aliphatic hydroxyl groups excluding tert-OH is 1. The number of aliphatic hydroxyl groups is 1. The van der Waals surface area contributed by atoms with Gasteiger partial charge >= 0.3 is 5.97 Å². The van der Waals surface area contributed by atoms with Crippen LogP contribution in [0.5, 0.6) is 0 Å². The summed E-state index contributed by atoms with van der Waals surface area (Å²) in [6.07, 6.45) is 22.5. The van der Waals surface area contributed by atoms with Crippen LogP contribution in [0.4, 0.5) is 11.6 Å². The average molecular weight is 927 g/mol. The van der Waals surface area contributed by atoms with Gasteiger partial charge in [0.05, 0.1) is 19.9 Å². The monoisotopic (exact) mass is 927 g/mol. The molecule has 4 bridgehead atoms. The van der Waals surface area contributed by atoms with Crippen LogP contribution in [-0.2, 0) is 32.5 Å². The first-order valence-electron chi connectivity index (χ1n) is 25.7. The number of hydrogen-bond acceptors (Lipinski definition) is 12. The number of ketones is 2. The minimum atomic E-state index is -2.18. The van der Waals surface area contributed by atoms with Crippen molar-refractivity contribution in [2.75, 3.05) is 44.5 Å². The number of esters is 1. The predicted molar refractivity (Wildman–Crippen MR) is 265 cm³/mol. The van der Waals surface area contributed by atoms with Gasteiger partial charge in [0.2, 0.25) is 5.78 Å². The number of allylic oxidation sites excluding steroid dienone is 3. The molecule has 1 aromatic carbocycles. The van der Waals surface area contributed by atoms with Crippen molar-refractivity contribution >= 4 is 29.2 Å². The summed E-state index contributed by atoms with van der Waals surface area (Å²) in [6, 6.07) is 13.7. The van der Waals surface area contributed by atoms with Crippen LogP contribution in [0.15, 0.2) is 78.2 Å². The van der Waals surface area contributed by atoms with E-state index in [2.05, 4.69) is 64.1 Å². The van der Waals surface area contributed by atoms with E-state index in [1.165, 1.54) is 5.56 Å². The minimum absolute atomic E-state index is 0.0346. The van der Waals surface area contributed by atoms with Crippen LogP contribution in [0, 0.1) is 29.1 Å². The maximum Gasteiger partial charge on any atom is 0.350 e. The number of nitrogens with zero attached hydrogens (tertiary/aromatic N) is 2. The third-order valence-corrected chi connectivity index (χ3v) is 17.2. The van der Waals surface area contributed by atoms with Gasteiger partial charge in [0, 0.05) is 41.9 Å². The molecule has 364 valence electrons. The third-order valence-electron chi connectivity index (χ3n) is 17.2. The number of epoxide rings is 1. The summed E-state index contributed by atoms with van der Waals surface area (Å²) in [5.41, 5.74) is 6.47. The van der Waals surface area contributed by atoms with Gasteiger partial charge in [0.25, 0.3) is 5.60 Å². The Morgan fingerprint density at radius 2 is 1.78 bits per heavy atom. The zero-order chi connectivity index (χ0) is 47.7. The Hall–Kier alpha value is -4.75. The molecule has 2 aromatic heterocycles. The number of pyridine rings is 2. The van der Waals surface area contributed by atoms with Gasteiger partial charge in [0.1, 0.15) is 11.6 Å². The highest BCUT2D eigenvalue weighted by Crippen LogP contribution is 2.61. The van der Waals surface area contributed by atoms with Crippen molar-refractivity contribution in [3.8, 4) is 0 Å². The van der Waals surface area contributed by atoms with Gasteiger partial charge in [-0.15, -0.1) is 0 Å². The second kappa shape index (κ2) is 19.9. The van der Waals surface area contributed by atoms with E-state index in [1.807, 2.05) is 50.6 Å². The summed E-state index contributed by atoms with van der Waals surface area (Å²) in [7, 11) is 1.89. The van der Waals surface area contributed by atoms with E-state index < -0.39 is 28.7 Å². The third kappa shape index (κ3) is 9.11. The van der Waals surface area contributed by atoms with Crippen molar-refractivity contribution in [1.82, 2.24) is 20.6 Å². The van der Waals surface area contributed by atoms with Gasteiger partial charge in [-0.3, -0.25) is 9.59 Å². The van der Waals surface area contributed by atoms with Crippen LogP contribution >= 0.6 is 0 Å². The SMILES string of the molecule is CCNC1CC2C=CCC3CCCCC(C)(Cc4ccc(N)nc4)Cc4cccc5c4C(=O)C4(OC4(CC(CO)=C(C)CC4(c6ccnc(NCNC)c6)CCCCC4)C5=O)C(=O)OCC1CC23. The van der Waals surface area contributed by atoms with Gasteiger partial charge in [-0.1, -0.05) is 87.9 Å². The summed E-state index contributed by atoms with van der Waals surface area (Å²) < 4.78 is 13.1. The number of nitrogen functional groups attached to an aromatic ring is 1. The summed E-state index contributed by atoms with van der Waals surface area (Å²) in [6.45, 7) is 7.56. The second-order valence-corrected chi connectivity index (χ2v) is 21.7. The molecule has 3 fully saturated rings. The number of carbonyl (C=O) groups is 3. The molecule has 9 rings (SSSR count). The normalized spacial score (nSPS) is 31.5. The highest BCUT2D eigenvalue weighted by Gasteiger charge is 2.86. The Balaban J connectivity index is 1.11. The number of fused-ring (bicyclic) bond motifs is 1. The first-order valence-corrected chi connectivity index (χ1v) is 25.7. The molecule has 4 aliphatic carbocycles. The van der Waals surface area contributed by atoms with E-state index in [4.69, 9.17) is 15.2 Å². The standard InChI is InChI=1S/C56H74N6O6/c1-5-59-46-26-39-15-11-14-38-13-7-10-21-53(3,29-37-18-19-47(57)61-32-37)30-40-16-12-17-44-49(40)51(65)56(52(66)67-34-41(46)25-45(38)39)55(68-56,50(44)64)31-42(33-63)36(2)28-54(22-8-6-9-23-54)43-20-24-60-48(27-43)62-35-58-4/h11-12,15-20,24,27,32,38-39,41,45-46,58-59,63H,5-10,13-14,21-23,25-26,28-31,33-35H2,1-4H3,(H2,57,61)(H,60,62). The lowest BCUT2D eigenvalue weighted by atomic mass is 9.63. The number of cyclic esters (lactones) is 1. The number of Topliss-reactive ketones (excluding diaryl/α,β-unsaturated/α-hetero) is 2. The van der Waals surface area contributed by atoms with Gasteiger partial charge in [-0.05, 0) is 154 Å². The fourth-order valence-corrected chi connectivity index (χ4v) is 13.6. The van der Waals surface area contributed by atoms with Crippen molar-refractivity contribution in [2.24, 2.45) is 29.1 Å². The van der Waals surface area contributed by atoms with Crippen LogP contribution in [0.2, 0.25) is 0 Å². The number of nitrogens with one attached hydrogen (secondary N) is 3. The molecule has 8 atom stereocenters. The number of aromatic nitrogens is 2. The van der Waals surface area contributed by atoms with Crippen LogP contribution in [0.1, 0.15) is 148 Å². The average Bonchev–Trinajstić information content (AvgIpc) is 4.05. The molecule has 12 nitrogen and oxygen atoms in total.